The highest BCUT2D eigenvalue weighted by Gasteiger charge is 2.14. The second kappa shape index (κ2) is 7.40. The molecule has 1 N–H and O–H groups in total. The van der Waals surface area contributed by atoms with Crippen molar-refractivity contribution in [2.75, 3.05) is 5.32 Å². The Morgan fingerprint density at radius 1 is 1.14 bits per heavy atom. The fourth-order valence-electron chi connectivity index (χ4n) is 2.93. The van der Waals surface area contributed by atoms with Gasteiger partial charge >= 0.3 is 0 Å². The van der Waals surface area contributed by atoms with E-state index in [1.807, 2.05) is 43.3 Å². The lowest BCUT2D eigenvalue weighted by atomic mass is 10.2. The van der Waals surface area contributed by atoms with Gasteiger partial charge in [0.1, 0.15) is 18.3 Å². The highest BCUT2D eigenvalue weighted by Crippen LogP contribution is 2.17. The summed E-state index contributed by atoms with van der Waals surface area (Å²) in [7, 11) is 0. The monoisotopic (exact) mass is 437 g/mol. The molecule has 0 saturated carbocycles. The normalized spacial score (nSPS) is 10.9. The topological polar surface area (TPSA) is 81.8 Å². The zero-order chi connectivity index (χ0) is 19.7. The van der Waals surface area contributed by atoms with Crippen LogP contribution in [0, 0.1) is 6.92 Å². The van der Waals surface area contributed by atoms with Crippen LogP contribution in [0.25, 0.3) is 16.7 Å². The van der Waals surface area contributed by atoms with Gasteiger partial charge in [0, 0.05) is 10.2 Å². The van der Waals surface area contributed by atoms with Gasteiger partial charge in [0.05, 0.1) is 11.9 Å². The fraction of sp³-hybridized carbons (Fsp3) is 0.100. The summed E-state index contributed by atoms with van der Waals surface area (Å²) in [6.45, 7) is 1.84. The van der Waals surface area contributed by atoms with Crippen LogP contribution in [-0.4, -0.2) is 25.2 Å². The first kappa shape index (κ1) is 18.1. The number of amides is 1. The molecule has 0 radical (unpaired) electrons. The molecule has 0 bridgehead atoms. The number of carbonyl (C=O) groups is 1. The largest absolute Gasteiger partial charge is 0.325 e. The maximum absolute atomic E-state index is 12.8. The van der Waals surface area contributed by atoms with E-state index in [1.54, 1.807) is 16.8 Å². The molecule has 2 heterocycles. The lowest BCUT2D eigenvalue weighted by Gasteiger charge is -2.08. The average Bonchev–Trinajstić information content (AvgIpc) is 3.11. The zero-order valence-corrected chi connectivity index (χ0v) is 16.5. The molecule has 0 spiro atoms. The third kappa shape index (κ3) is 3.46. The number of hydrogen-bond donors (Lipinski definition) is 1. The molecule has 1 amide bonds. The Bertz CT molecular complexity index is 1230. The first-order valence-electron chi connectivity index (χ1n) is 8.57. The van der Waals surface area contributed by atoms with Crippen molar-refractivity contribution in [2.45, 2.75) is 13.5 Å². The summed E-state index contributed by atoms with van der Waals surface area (Å²) < 4.78 is 3.83. The van der Waals surface area contributed by atoms with E-state index in [4.69, 9.17) is 0 Å². The van der Waals surface area contributed by atoms with E-state index < -0.39 is 0 Å². The number of nitrogens with one attached hydrogen (secondary N) is 1. The maximum Gasteiger partial charge on any atom is 0.264 e. The van der Waals surface area contributed by atoms with E-state index in [1.165, 1.54) is 17.1 Å². The van der Waals surface area contributed by atoms with E-state index in [-0.39, 0.29) is 18.0 Å². The molecule has 4 rings (SSSR count). The van der Waals surface area contributed by atoms with Gasteiger partial charge in [-0.3, -0.25) is 14.2 Å². The molecule has 0 atom stereocenters. The molecule has 28 heavy (non-hydrogen) atoms. The van der Waals surface area contributed by atoms with Crippen molar-refractivity contribution in [1.82, 2.24) is 19.3 Å². The Kier molecular flexibility index (Phi) is 4.79. The molecule has 2 aromatic heterocycles. The Hall–Kier alpha value is -3.26. The number of benzene rings is 2. The third-order valence-corrected chi connectivity index (χ3v) is 4.87. The molecular formula is C20H16BrN5O2. The van der Waals surface area contributed by atoms with Gasteiger partial charge in [-0.1, -0.05) is 34.1 Å². The SMILES string of the molecule is Cc1ccccc1-n1ncc2c(=O)n(CC(=O)Nc3ccc(Br)cc3)cnc21. The minimum Gasteiger partial charge on any atom is -0.325 e. The highest BCUT2D eigenvalue weighted by atomic mass is 79.9. The van der Waals surface area contributed by atoms with E-state index in [2.05, 4.69) is 31.3 Å². The Morgan fingerprint density at radius 2 is 1.89 bits per heavy atom. The number of aromatic nitrogens is 4. The number of hydrogen-bond acceptors (Lipinski definition) is 4. The van der Waals surface area contributed by atoms with Gasteiger partial charge in [0.15, 0.2) is 5.65 Å². The summed E-state index contributed by atoms with van der Waals surface area (Å²) in [5, 5.41) is 7.45. The number of carbonyl (C=O) groups excluding carboxylic acids is 1. The number of rotatable bonds is 4. The fourth-order valence-corrected chi connectivity index (χ4v) is 3.19. The molecule has 0 aliphatic carbocycles. The van der Waals surface area contributed by atoms with Crippen molar-refractivity contribution in [1.29, 1.82) is 0 Å². The summed E-state index contributed by atoms with van der Waals surface area (Å²) in [5.41, 5.74) is 2.69. The van der Waals surface area contributed by atoms with E-state index in [0.29, 0.717) is 16.7 Å². The van der Waals surface area contributed by atoms with Gasteiger partial charge < -0.3 is 5.32 Å². The number of anilines is 1. The molecule has 7 nitrogen and oxygen atoms in total. The van der Waals surface area contributed by atoms with Crippen LogP contribution in [0.3, 0.4) is 0 Å². The number of para-hydroxylation sites is 1. The van der Waals surface area contributed by atoms with Gasteiger partial charge in [-0.2, -0.15) is 5.10 Å². The minimum atomic E-state index is -0.309. The number of nitrogens with zero attached hydrogens (tertiary/aromatic N) is 4. The van der Waals surface area contributed by atoms with Gasteiger partial charge in [-0.15, -0.1) is 0 Å². The number of fused-ring (bicyclic) bond motifs is 1. The molecule has 0 unspecified atom stereocenters. The summed E-state index contributed by atoms with van der Waals surface area (Å²) in [4.78, 5) is 29.4. The standard InChI is InChI=1S/C20H16BrN5O2/c1-13-4-2-3-5-17(13)26-19-16(10-23-26)20(28)25(12-22-19)11-18(27)24-15-8-6-14(21)7-9-15/h2-10,12H,11H2,1H3,(H,24,27). The first-order chi connectivity index (χ1) is 13.5. The predicted molar refractivity (Wildman–Crippen MR) is 111 cm³/mol. The van der Waals surface area contributed by atoms with Gasteiger partial charge in [0.2, 0.25) is 5.91 Å². The van der Waals surface area contributed by atoms with Gasteiger partial charge in [0.25, 0.3) is 5.56 Å². The van der Waals surface area contributed by atoms with Gasteiger partial charge in [-0.05, 0) is 42.8 Å². The molecule has 140 valence electrons. The van der Waals surface area contributed by atoms with E-state index in [0.717, 1.165) is 15.7 Å². The Balaban J connectivity index is 1.62. The smallest absolute Gasteiger partial charge is 0.264 e. The molecule has 0 aliphatic rings. The minimum absolute atomic E-state index is 0.132. The summed E-state index contributed by atoms with van der Waals surface area (Å²) in [6, 6.07) is 14.9. The molecule has 0 aliphatic heterocycles. The molecule has 0 saturated heterocycles. The number of aryl methyl sites for hydroxylation is 1. The van der Waals surface area contributed by atoms with Crippen LogP contribution in [-0.2, 0) is 11.3 Å². The predicted octanol–water partition coefficient (Wildman–Crippen LogP) is 3.29. The van der Waals surface area contributed by atoms with Crippen molar-refractivity contribution >= 4 is 38.6 Å². The molecule has 2 aromatic carbocycles. The van der Waals surface area contributed by atoms with Crippen molar-refractivity contribution < 1.29 is 4.79 Å². The van der Waals surface area contributed by atoms with E-state index >= 15 is 0 Å². The quantitative estimate of drug-likeness (QED) is 0.530. The molecular weight excluding hydrogens is 422 g/mol. The summed E-state index contributed by atoms with van der Waals surface area (Å²) in [6.07, 6.45) is 2.86. The lowest BCUT2D eigenvalue weighted by molar-refractivity contribution is -0.116. The Labute approximate surface area is 168 Å². The lowest BCUT2D eigenvalue weighted by Crippen LogP contribution is -2.27. The molecule has 0 fully saturated rings. The molecule has 4 aromatic rings. The van der Waals surface area contributed by atoms with Crippen LogP contribution in [0.15, 0.2) is 70.3 Å². The summed E-state index contributed by atoms with van der Waals surface area (Å²) >= 11 is 3.35. The van der Waals surface area contributed by atoms with Crippen LogP contribution >= 0.6 is 15.9 Å². The third-order valence-electron chi connectivity index (χ3n) is 4.34. The number of halogens is 1. The van der Waals surface area contributed by atoms with Gasteiger partial charge in [-0.25, -0.2) is 9.67 Å². The highest BCUT2D eigenvalue weighted by molar-refractivity contribution is 9.10. The van der Waals surface area contributed by atoms with Crippen LogP contribution in [0.1, 0.15) is 5.56 Å². The van der Waals surface area contributed by atoms with Crippen molar-refractivity contribution in [3.63, 3.8) is 0 Å². The average molecular weight is 438 g/mol. The second-order valence-corrected chi connectivity index (χ2v) is 7.23. The first-order valence-corrected chi connectivity index (χ1v) is 9.37. The van der Waals surface area contributed by atoms with Crippen LogP contribution in [0.5, 0.6) is 0 Å². The van der Waals surface area contributed by atoms with Crippen molar-refractivity contribution in [3.05, 3.63) is 81.4 Å². The van der Waals surface area contributed by atoms with E-state index in [9.17, 15) is 9.59 Å². The maximum atomic E-state index is 12.8. The zero-order valence-electron chi connectivity index (χ0n) is 15.0. The molecule has 8 heteroatoms. The Morgan fingerprint density at radius 3 is 2.64 bits per heavy atom. The van der Waals surface area contributed by atoms with Crippen LogP contribution in [0.4, 0.5) is 5.69 Å². The second-order valence-electron chi connectivity index (χ2n) is 6.31. The van der Waals surface area contributed by atoms with Crippen LogP contribution < -0.4 is 10.9 Å². The van der Waals surface area contributed by atoms with Crippen LogP contribution in [0.2, 0.25) is 0 Å². The summed E-state index contributed by atoms with van der Waals surface area (Å²) in [5.74, 6) is -0.308. The van der Waals surface area contributed by atoms with Crippen molar-refractivity contribution in [2.24, 2.45) is 0 Å². The van der Waals surface area contributed by atoms with Crippen molar-refractivity contribution in [3.8, 4) is 5.69 Å².